The van der Waals surface area contributed by atoms with E-state index in [9.17, 15) is 14.7 Å². The largest absolute Gasteiger partial charge is 0.481 e. The number of hydrogen-bond acceptors (Lipinski definition) is 3. The van der Waals surface area contributed by atoms with Crippen LogP contribution in [-0.2, 0) is 9.59 Å². The molecule has 0 heterocycles. The van der Waals surface area contributed by atoms with Crippen LogP contribution in [0, 0.1) is 17.8 Å². The van der Waals surface area contributed by atoms with Crippen molar-refractivity contribution in [2.75, 3.05) is 6.54 Å². The third-order valence-electron chi connectivity index (χ3n) is 3.64. The quantitative estimate of drug-likeness (QED) is 0.681. The lowest BCUT2D eigenvalue weighted by Crippen LogP contribution is -2.43. The average molecular weight is 271 g/mol. The first-order chi connectivity index (χ1) is 8.71. The zero-order valence-corrected chi connectivity index (χ0v) is 12.0. The Balaban J connectivity index is 2.38. The van der Waals surface area contributed by atoms with Gasteiger partial charge in [-0.05, 0) is 38.5 Å². The van der Waals surface area contributed by atoms with E-state index < -0.39 is 17.5 Å². The Morgan fingerprint density at radius 3 is 2.37 bits per heavy atom. The lowest BCUT2D eigenvalue weighted by atomic mass is 9.94. The number of carbonyl (C=O) groups excluding carboxylic acids is 1. The minimum atomic E-state index is -0.908. The smallest absolute Gasteiger partial charge is 0.306 e. The molecule has 1 aliphatic rings. The summed E-state index contributed by atoms with van der Waals surface area (Å²) in [7, 11) is 0. The van der Waals surface area contributed by atoms with Gasteiger partial charge >= 0.3 is 5.97 Å². The molecular formula is C14H25NO4. The fourth-order valence-electron chi connectivity index (χ4n) is 2.82. The van der Waals surface area contributed by atoms with Crippen LogP contribution in [0.2, 0.25) is 0 Å². The lowest BCUT2D eigenvalue weighted by molar-refractivity contribution is -0.141. The van der Waals surface area contributed by atoms with Crippen LogP contribution in [0.15, 0.2) is 0 Å². The van der Waals surface area contributed by atoms with Crippen LogP contribution in [0.25, 0.3) is 0 Å². The molecule has 5 nitrogen and oxygen atoms in total. The molecule has 1 fully saturated rings. The highest BCUT2D eigenvalue weighted by Crippen LogP contribution is 2.31. The van der Waals surface area contributed by atoms with Gasteiger partial charge in [0.2, 0.25) is 5.91 Å². The highest BCUT2D eigenvalue weighted by atomic mass is 16.4. The van der Waals surface area contributed by atoms with Crippen LogP contribution in [0.3, 0.4) is 0 Å². The number of nitrogens with one attached hydrogen (secondary N) is 1. The predicted molar refractivity (Wildman–Crippen MR) is 71.6 cm³/mol. The molecule has 1 amide bonds. The summed E-state index contributed by atoms with van der Waals surface area (Å²) in [6, 6.07) is 0. The molecule has 0 aromatic heterocycles. The molecule has 0 aliphatic heterocycles. The first kappa shape index (κ1) is 16.0. The summed E-state index contributed by atoms with van der Waals surface area (Å²) >= 11 is 0. The summed E-state index contributed by atoms with van der Waals surface area (Å²) < 4.78 is 0. The number of aliphatic hydroxyl groups is 1. The fourth-order valence-corrected chi connectivity index (χ4v) is 2.82. The van der Waals surface area contributed by atoms with Gasteiger partial charge in [0.15, 0.2) is 0 Å². The van der Waals surface area contributed by atoms with E-state index in [4.69, 9.17) is 5.11 Å². The van der Waals surface area contributed by atoms with E-state index in [0.717, 1.165) is 0 Å². The SMILES string of the molecule is CC(C)CC(C)(O)CNC(=O)[C@@H]1CC[C@H](C(=O)O)C1. The van der Waals surface area contributed by atoms with Crippen molar-refractivity contribution < 1.29 is 19.8 Å². The molecule has 1 saturated carbocycles. The van der Waals surface area contributed by atoms with Crippen LogP contribution in [0.1, 0.15) is 46.5 Å². The van der Waals surface area contributed by atoms with Crippen molar-refractivity contribution in [1.82, 2.24) is 5.32 Å². The topological polar surface area (TPSA) is 86.6 Å². The van der Waals surface area contributed by atoms with Crippen LogP contribution >= 0.6 is 0 Å². The highest BCUT2D eigenvalue weighted by Gasteiger charge is 2.34. The maximum Gasteiger partial charge on any atom is 0.306 e. The zero-order valence-electron chi connectivity index (χ0n) is 12.0. The van der Waals surface area contributed by atoms with Crippen LogP contribution in [0.4, 0.5) is 0 Å². The van der Waals surface area contributed by atoms with Crippen LogP contribution in [0.5, 0.6) is 0 Å². The van der Waals surface area contributed by atoms with Gasteiger partial charge in [0.05, 0.1) is 11.5 Å². The van der Waals surface area contributed by atoms with E-state index in [1.165, 1.54) is 0 Å². The maximum atomic E-state index is 11.9. The molecule has 0 aromatic carbocycles. The maximum absolute atomic E-state index is 11.9. The van der Waals surface area contributed by atoms with Gasteiger partial charge in [-0.15, -0.1) is 0 Å². The Hall–Kier alpha value is -1.10. The molecule has 0 saturated heterocycles. The summed E-state index contributed by atoms with van der Waals surface area (Å²) in [6.07, 6.45) is 2.22. The van der Waals surface area contributed by atoms with E-state index in [1.807, 2.05) is 13.8 Å². The first-order valence-corrected chi connectivity index (χ1v) is 6.94. The number of carboxylic acid groups (broad SMARTS) is 1. The summed E-state index contributed by atoms with van der Waals surface area (Å²) in [5.41, 5.74) is -0.908. The van der Waals surface area contributed by atoms with Crippen LogP contribution < -0.4 is 5.32 Å². The minimum Gasteiger partial charge on any atom is -0.481 e. The molecular weight excluding hydrogens is 246 g/mol. The number of aliphatic carboxylic acids is 1. The first-order valence-electron chi connectivity index (χ1n) is 6.94. The fraction of sp³-hybridized carbons (Fsp3) is 0.857. The molecule has 0 bridgehead atoms. The Labute approximate surface area is 114 Å². The standard InChI is InChI=1S/C14H25NO4/c1-9(2)7-14(3,19)8-15-12(16)10-4-5-11(6-10)13(17)18/h9-11,19H,4-8H2,1-3H3,(H,15,16)(H,17,18)/t10-,11+,14?/m1/s1. The van der Waals surface area contributed by atoms with Gasteiger partial charge in [0, 0.05) is 12.5 Å². The number of carboxylic acids is 1. The Morgan fingerprint density at radius 1 is 1.32 bits per heavy atom. The van der Waals surface area contributed by atoms with Gasteiger partial charge in [0.1, 0.15) is 0 Å². The van der Waals surface area contributed by atoms with Gasteiger partial charge in [-0.1, -0.05) is 13.8 Å². The third kappa shape index (κ3) is 5.19. The molecule has 0 radical (unpaired) electrons. The third-order valence-corrected chi connectivity index (χ3v) is 3.64. The van der Waals surface area contributed by atoms with E-state index in [0.29, 0.717) is 31.6 Å². The molecule has 3 atom stereocenters. The monoisotopic (exact) mass is 271 g/mol. The average Bonchev–Trinajstić information content (AvgIpc) is 2.73. The van der Waals surface area contributed by atoms with Crippen molar-refractivity contribution in [1.29, 1.82) is 0 Å². The summed E-state index contributed by atoms with van der Waals surface area (Å²) in [6.45, 7) is 5.97. The van der Waals surface area contributed by atoms with Crippen molar-refractivity contribution in [2.24, 2.45) is 17.8 Å². The molecule has 1 rings (SSSR count). The molecule has 19 heavy (non-hydrogen) atoms. The zero-order chi connectivity index (χ0) is 14.6. The van der Waals surface area contributed by atoms with Gasteiger partial charge in [0.25, 0.3) is 0 Å². The minimum absolute atomic E-state index is 0.132. The van der Waals surface area contributed by atoms with Crippen molar-refractivity contribution in [3.05, 3.63) is 0 Å². The predicted octanol–water partition coefficient (Wildman–Crippen LogP) is 1.40. The number of rotatable bonds is 6. The molecule has 1 aliphatic carbocycles. The Bertz CT molecular complexity index is 338. The second-order valence-corrected chi connectivity index (χ2v) is 6.36. The van der Waals surface area contributed by atoms with Crippen molar-refractivity contribution in [3.8, 4) is 0 Å². The highest BCUT2D eigenvalue weighted by molar-refractivity contribution is 5.80. The second-order valence-electron chi connectivity index (χ2n) is 6.36. The van der Waals surface area contributed by atoms with Crippen molar-refractivity contribution in [3.63, 3.8) is 0 Å². The van der Waals surface area contributed by atoms with Crippen molar-refractivity contribution >= 4 is 11.9 Å². The molecule has 5 heteroatoms. The molecule has 1 unspecified atom stereocenters. The Kier molecular flexibility index (Phi) is 5.35. The number of hydrogen-bond donors (Lipinski definition) is 3. The van der Waals surface area contributed by atoms with Crippen molar-refractivity contribution in [2.45, 2.75) is 52.1 Å². The Morgan fingerprint density at radius 2 is 1.89 bits per heavy atom. The normalized spacial score (nSPS) is 26.2. The van der Waals surface area contributed by atoms with E-state index >= 15 is 0 Å². The lowest BCUT2D eigenvalue weighted by Gasteiger charge is -2.26. The van der Waals surface area contributed by atoms with E-state index in [2.05, 4.69) is 5.32 Å². The number of amides is 1. The molecule has 0 aromatic rings. The second kappa shape index (κ2) is 6.37. The van der Waals surface area contributed by atoms with Gasteiger partial charge in [-0.3, -0.25) is 9.59 Å². The molecule has 3 N–H and O–H groups in total. The van der Waals surface area contributed by atoms with Gasteiger partial charge in [-0.25, -0.2) is 0 Å². The summed E-state index contributed by atoms with van der Waals surface area (Å²) in [5.74, 6) is -1.22. The molecule has 110 valence electrons. The molecule has 0 spiro atoms. The van der Waals surface area contributed by atoms with Gasteiger partial charge < -0.3 is 15.5 Å². The summed E-state index contributed by atoms with van der Waals surface area (Å²) in [5, 5.41) is 21.8. The van der Waals surface area contributed by atoms with E-state index in [1.54, 1.807) is 6.92 Å². The van der Waals surface area contributed by atoms with E-state index in [-0.39, 0.29) is 18.4 Å². The summed E-state index contributed by atoms with van der Waals surface area (Å²) in [4.78, 5) is 22.8. The number of carbonyl (C=O) groups is 2. The van der Waals surface area contributed by atoms with Gasteiger partial charge in [-0.2, -0.15) is 0 Å². The van der Waals surface area contributed by atoms with Crippen LogP contribution in [-0.4, -0.2) is 34.2 Å².